The van der Waals surface area contributed by atoms with Gasteiger partial charge in [0.25, 0.3) is 7.48 Å². The molecule has 0 aromatic heterocycles. The Morgan fingerprint density at radius 3 is 2.04 bits per heavy atom. The van der Waals surface area contributed by atoms with Crippen LogP contribution in [0.1, 0.15) is 91.4 Å². The van der Waals surface area contributed by atoms with Gasteiger partial charge in [0.2, 0.25) is 0 Å². The average Bonchev–Trinajstić information content (AvgIpc) is 2.90. The van der Waals surface area contributed by atoms with E-state index in [4.69, 9.17) is 0 Å². The number of β-amino-alcohol motifs (C(OH)–C–C–N with tert-alkyl or cyclic N) is 1. The summed E-state index contributed by atoms with van der Waals surface area (Å²) < 4.78 is 0. The van der Waals surface area contributed by atoms with Crippen LogP contribution in [-0.4, -0.2) is 46.7 Å². The maximum absolute atomic E-state index is 10.1. The Kier molecular flexibility index (Phi) is 10.5. The molecule has 1 heterocycles. The van der Waals surface area contributed by atoms with Crippen molar-refractivity contribution in [3.05, 3.63) is 0 Å². The highest BCUT2D eigenvalue weighted by Crippen LogP contribution is 2.36. The first-order valence-electron chi connectivity index (χ1n) is 9.98. The molecule has 1 saturated heterocycles. The lowest BCUT2D eigenvalue weighted by molar-refractivity contribution is 0.0619. The Balaban J connectivity index is 2.66. The number of likely N-dealkylation sites (tertiary alicyclic amines) is 1. The predicted molar refractivity (Wildman–Crippen MR) is 99.8 cm³/mol. The summed E-state index contributed by atoms with van der Waals surface area (Å²) in [6.45, 7) is 7.69. The molecule has 23 heavy (non-hydrogen) atoms. The van der Waals surface area contributed by atoms with Crippen LogP contribution in [-0.2, 0) is 0 Å². The molecule has 1 aliphatic heterocycles. The minimum absolute atomic E-state index is 0.173. The molecular formula is C19H39BNO2. The first-order chi connectivity index (χ1) is 11.1. The van der Waals surface area contributed by atoms with Crippen molar-refractivity contribution < 1.29 is 10.1 Å². The molecular weight excluding hydrogens is 285 g/mol. The second kappa shape index (κ2) is 11.5. The third kappa shape index (κ3) is 7.15. The summed E-state index contributed by atoms with van der Waals surface area (Å²) in [5, 5.41) is 19.4. The molecule has 0 amide bonds. The molecule has 0 aromatic rings. The molecule has 2 unspecified atom stereocenters. The number of rotatable bonds is 13. The topological polar surface area (TPSA) is 43.7 Å². The van der Waals surface area contributed by atoms with Gasteiger partial charge in [0.1, 0.15) is 0 Å². The van der Waals surface area contributed by atoms with E-state index >= 15 is 0 Å². The van der Waals surface area contributed by atoms with Crippen molar-refractivity contribution in [2.75, 3.05) is 6.54 Å². The van der Waals surface area contributed by atoms with Crippen LogP contribution in [0.5, 0.6) is 0 Å². The molecule has 2 N–H and O–H groups in total. The summed E-state index contributed by atoms with van der Waals surface area (Å²) in [6, 6.07) is 0.303. The fourth-order valence-corrected chi connectivity index (χ4v) is 4.18. The van der Waals surface area contributed by atoms with Gasteiger partial charge in [-0.15, -0.1) is 0 Å². The zero-order chi connectivity index (χ0) is 17.1. The molecule has 0 aromatic carbocycles. The van der Waals surface area contributed by atoms with E-state index in [9.17, 15) is 10.1 Å². The normalized spacial score (nSPS) is 22.7. The smallest absolute Gasteiger partial charge is 0.288 e. The van der Waals surface area contributed by atoms with Crippen molar-refractivity contribution in [2.45, 2.75) is 115 Å². The second-order valence-electron chi connectivity index (χ2n) is 7.73. The fourth-order valence-electron chi connectivity index (χ4n) is 4.18. The number of aliphatic hydroxyl groups is 1. The van der Waals surface area contributed by atoms with Crippen LogP contribution in [0.25, 0.3) is 0 Å². The van der Waals surface area contributed by atoms with Crippen LogP contribution in [0.15, 0.2) is 0 Å². The maximum Gasteiger partial charge on any atom is 0.288 e. The number of hydrogen-bond acceptors (Lipinski definition) is 3. The second-order valence-corrected chi connectivity index (χ2v) is 7.73. The van der Waals surface area contributed by atoms with Gasteiger partial charge in [-0.3, -0.25) is 4.90 Å². The Morgan fingerprint density at radius 1 is 1.00 bits per heavy atom. The summed E-state index contributed by atoms with van der Waals surface area (Å²) in [7, 11) is 1.28. The number of unbranched alkanes of at least 4 members (excludes halogenated alkanes) is 6. The molecule has 1 rings (SSSR count). The molecule has 0 spiro atoms. The zero-order valence-electron chi connectivity index (χ0n) is 15.8. The van der Waals surface area contributed by atoms with Gasteiger partial charge in [-0.25, -0.2) is 0 Å². The molecule has 0 saturated carbocycles. The Bertz CT molecular complexity index is 289. The standard InChI is InChI=1S/C19H39BNO2/c1-4-6-8-10-12-19(3,13-11-9-7-5-2)21-16-18(22)14-17(21)15-20-23/h17-18,22-23H,4-16H2,1-3H3. The van der Waals surface area contributed by atoms with E-state index in [2.05, 4.69) is 25.7 Å². The third-order valence-corrected chi connectivity index (χ3v) is 5.60. The molecule has 1 aliphatic rings. The Hall–Kier alpha value is -0.0551. The molecule has 135 valence electrons. The van der Waals surface area contributed by atoms with E-state index in [0.29, 0.717) is 12.4 Å². The predicted octanol–water partition coefficient (Wildman–Crippen LogP) is 4.15. The van der Waals surface area contributed by atoms with Crippen LogP contribution in [0.3, 0.4) is 0 Å². The molecule has 1 fully saturated rings. The SMILES string of the molecule is CCCCCCC(C)(CCCCCC)N1CC(O)CC1C[B]O. The summed E-state index contributed by atoms with van der Waals surface area (Å²) in [6.07, 6.45) is 14.1. The van der Waals surface area contributed by atoms with Crippen molar-refractivity contribution in [3.8, 4) is 0 Å². The lowest BCUT2D eigenvalue weighted by atomic mass is 9.82. The molecule has 1 radical (unpaired) electrons. The monoisotopic (exact) mass is 324 g/mol. The van der Waals surface area contributed by atoms with E-state index in [0.717, 1.165) is 13.0 Å². The summed E-state index contributed by atoms with van der Waals surface area (Å²) in [5.41, 5.74) is 0.173. The minimum Gasteiger partial charge on any atom is -0.454 e. The molecule has 3 nitrogen and oxygen atoms in total. The highest BCUT2D eigenvalue weighted by Gasteiger charge is 2.41. The van der Waals surface area contributed by atoms with Crippen LogP contribution < -0.4 is 0 Å². The number of hydrogen-bond donors (Lipinski definition) is 2. The van der Waals surface area contributed by atoms with Gasteiger partial charge in [-0.2, -0.15) is 0 Å². The molecule has 2 atom stereocenters. The quantitative estimate of drug-likeness (QED) is 0.395. The summed E-state index contributed by atoms with van der Waals surface area (Å²) >= 11 is 0. The summed E-state index contributed by atoms with van der Waals surface area (Å²) in [4.78, 5) is 2.52. The molecule has 0 bridgehead atoms. The number of aliphatic hydroxyl groups excluding tert-OH is 1. The first-order valence-corrected chi connectivity index (χ1v) is 9.98. The van der Waals surface area contributed by atoms with Crippen LogP contribution in [0.4, 0.5) is 0 Å². The van der Waals surface area contributed by atoms with Crippen LogP contribution in [0.2, 0.25) is 6.32 Å². The largest absolute Gasteiger partial charge is 0.454 e. The van der Waals surface area contributed by atoms with E-state index < -0.39 is 0 Å². The highest BCUT2D eigenvalue weighted by atomic mass is 16.3. The van der Waals surface area contributed by atoms with Crippen LogP contribution >= 0.6 is 0 Å². The van der Waals surface area contributed by atoms with Crippen molar-refractivity contribution >= 4 is 7.48 Å². The van der Waals surface area contributed by atoms with Crippen molar-refractivity contribution in [3.63, 3.8) is 0 Å². The van der Waals surface area contributed by atoms with Crippen molar-refractivity contribution in [1.29, 1.82) is 0 Å². The zero-order valence-corrected chi connectivity index (χ0v) is 15.8. The van der Waals surface area contributed by atoms with Gasteiger partial charge in [-0.05, 0) is 32.5 Å². The Morgan fingerprint density at radius 2 is 1.57 bits per heavy atom. The minimum atomic E-state index is -0.231. The van der Waals surface area contributed by atoms with Crippen molar-refractivity contribution in [2.24, 2.45) is 0 Å². The molecule has 0 aliphatic carbocycles. The van der Waals surface area contributed by atoms with Crippen LogP contribution in [0, 0.1) is 0 Å². The van der Waals surface area contributed by atoms with Gasteiger partial charge in [0.05, 0.1) is 6.10 Å². The van der Waals surface area contributed by atoms with Gasteiger partial charge in [0.15, 0.2) is 0 Å². The highest BCUT2D eigenvalue weighted by molar-refractivity contribution is 6.25. The van der Waals surface area contributed by atoms with Gasteiger partial charge < -0.3 is 10.1 Å². The van der Waals surface area contributed by atoms with Gasteiger partial charge in [-0.1, -0.05) is 65.2 Å². The lowest BCUT2D eigenvalue weighted by Gasteiger charge is -2.43. The van der Waals surface area contributed by atoms with Gasteiger partial charge in [0, 0.05) is 18.1 Å². The average molecular weight is 324 g/mol. The fraction of sp³-hybridized carbons (Fsp3) is 1.00. The van der Waals surface area contributed by atoms with E-state index in [1.54, 1.807) is 0 Å². The number of nitrogens with zero attached hydrogens (tertiary/aromatic N) is 1. The maximum atomic E-state index is 10.1. The first kappa shape index (κ1) is 21.0. The third-order valence-electron chi connectivity index (χ3n) is 5.60. The van der Waals surface area contributed by atoms with E-state index in [-0.39, 0.29) is 11.6 Å². The summed E-state index contributed by atoms with van der Waals surface area (Å²) in [5.74, 6) is 0. The lowest BCUT2D eigenvalue weighted by Crippen LogP contribution is -2.49. The van der Waals surface area contributed by atoms with Gasteiger partial charge >= 0.3 is 0 Å². The van der Waals surface area contributed by atoms with Crippen molar-refractivity contribution in [1.82, 2.24) is 4.90 Å². The van der Waals surface area contributed by atoms with E-state index in [1.807, 2.05) is 0 Å². The van der Waals surface area contributed by atoms with E-state index in [1.165, 1.54) is 71.7 Å². The molecule has 4 heteroatoms. The Labute approximate surface area is 145 Å².